The van der Waals surface area contributed by atoms with Gasteiger partial charge in [-0.25, -0.2) is 0 Å². The first-order valence-electron chi connectivity index (χ1n) is 8.43. The summed E-state index contributed by atoms with van der Waals surface area (Å²) in [6, 6.07) is 0.762. The zero-order valence-electron chi connectivity index (χ0n) is 14.0. The summed E-state index contributed by atoms with van der Waals surface area (Å²) in [4.78, 5) is 2.74. The molecule has 1 saturated heterocycles. The highest BCUT2D eigenvalue weighted by Crippen LogP contribution is 2.34. The van der Waals surface area contributed by atoms with E-state index < -0.39 is 0 Å². The van der Waals surface area contributed by atoms with Crippen LogP contribution in [-0.4, -0.2) is 37.1 Å². The van der Waals surface area contributed by atoms with Crippen molar-refractivity contribution in [3.63, 3.8) is 0 Å². The van der Waals surface area contributed by atoms with Crippen molar-refractivity contribution in [3.05, 3.63) is 0 Å². The van der Waals surface area contributed by atoms with Crippen LogP contribution in [0.1, 0.15) is 66.7 Å². The Balaban J connectivity index is 2.40. The van der Waals surface area contributed by atoms with Gasteiger partial charge in [-0.2, -0.15) is 0 Å². The zero-order chi connectivity index (χ0) is 14.3. The van der Waals surface area contributed by atoms with Crippen molar-refractivity contribution >= 4 is 0 Å². The Morgan fingerprint density at radius 3 is 2.21 bits per heavy atom. The van der Waals surface area contributed by atoms with Crippen LogP contribution in [0.25, 0.3) is 0 Å². The number of hydrogen-bond acceptors (Lipinski definition) is 2. The molecule has 1 N–H and O–H groups in total. The summed E-state index contributed by atoms with van der Waals surface area (Å²) in [6.45, 7) is 16.7. The van der Waals surface area contributed by atoms with Gasteiger partial charge < -0.3 is 5.32 Å². The number of piperidine rings is 1. The number of nitrogens with one attached hydrogen (secondary N) is 1. The van der Waals surface area contributed by atoms with Gasteiger partial charge in [0.2, 0.25) is 0 Å². The molecule has 2 nitrogen and oxygen atoms in total. The molecule has 0 aromatic carbocycles. The van der Waals surface area contributed by atoms with Crippen molar-refractivity contribution in [2.75, 3.05) is 26.2 Å². The molecule has 1 aliphatic heterocycles. The van der Waals surface area contributed by atoms with E-state index in [1.54, 1.807) is 0 Å². The van der Waals surface area contributed by atoms with Gasteiger partial charge in [-0.1, -0.05) is 41.0 Å². The van der Waals surface area contributed by atoms with Crippen molar-refractivity contribution in [2.45, 2.75) is 72.8 Å². The molecular weight excluding hydrogens is 232 g/mol. The van der Waals surface area contributed by atoms with Crippen LogP contribution >= 0.6 is 0 Å². The Hall–Kier alpha value is -0.0800. The maximum Gasteiger partial charge on any atom is 0.0220 e. The molecule has 0 aromatic rings. The maximum absolute atomic E-state index is 3.62. The molecule has 1 fully saturated rings. The van der Waals surface area contributed by atoms with Crippen molar-refractivity contribution in [1.82, 2.24) is 10.2 Å². The van der Waals surface area contributed by atoms with Gasteiger partial charge in [-0.3, -0.25) is 4.90 Å². The fourth-order valence-electron chi connectivity index (χ4n) is 3.32. The largest absolute Gasteiger partial charge is 0.315 e. The molecule has 1 rings (SSSR count). The molecule has 19 heavy (non-hydrogen) atoms. The lowest BCUT2D eigenvalue weighted by Gasteiger charge is -2.42. The summed E-state index contributed by atoms with van der Waals surface area (Å²) in [5, 5.41) is 3.62. The Morgan fingerprint density at radius 2 is 1.74 bits per heavy atom. The highest BCUT2D eigenvalue weighted by molar-refractivity contribution is 4.84. The van der Waals surface area contributed by atoms with Crippen LogP contribution in [0.4, 0.5) is 0 Å². The summed E-state index contributed by atoms with van der Waals surface area (Å²) in [5.74, 6) is 0.912. The quantitative estimate of drug-likeness (QED) is 0.704. The van der Waals surface area contributed by atoms with Crippen LogP contribution in [0.5, 0.6) is 0 Å². The molecule has 0 aliphatic carbocycles. The molecule has 1 atom stereocenters. The van der Waals surface area contributed by atoms with Crippen molar-refractivity contribution in [1.29, 1.82) is 0 Å². The van der Waals surface area contributed by atoms with Crippen molar-refractivity contribution in [2.24, 2.45) is 11.3 Å². The highest BCUT2D eigenvalue weighted by atomic mass is 15.2. The predicted molar refractivity (Wildman–Crippen MR) is 85.6 cm³/mol. The summed E-state index contributed by atoms with van der Waals surface area (Å²) in [5.41, 5.74) is 0.493. The first-order chi connectivity index (χ1) is 8.99. The lowest BCUT2D eigenvalue weighted by molar-refractivity contribution is 0.0786. The first-order valence-corrected chi connectivity index (χ1v) is 8.43. The van der Waals surface area contributed by atoms with Crippen molar-refractivity contribution < 1.29 is 0 Å². The molecule has 0 spiro atoms. The summed E-state index contributed by atoms with van der Waals surface area (Å²) < 4.78 is 0. The van der Waals surface area contributed by atoms with E-state index in [0.29, 0.717) is 5.41 Å². The molecule has 0 bridgehead atoms. The molecule has 2 heteroatoms. The van der Waals surface area contributed by atoms with Gasteiger partial charge in [0, 0.05) is 12.6 Å². The minimum atomic E-state index is 0.493. The van der Waals surface area contributed by atoms with Gasteiger partial charge in [0.1, 0.15) is 0 Å². The molecule has 0 amide bonds. The molecule has 1 heterocycles. The minimum Gasteiger partial charge on any atom is -0.315 e. The lowest BCUT2D eigenvalue weighted by Crippen LogP contribution is -2.47. The average molecular weight is 268 g/mol. The van der Waals surface area contributed by atoms with E-state index in [4.69, 9.17) is 0 Å². The van der Waals surface area contributed by atoms with E-state index in [9.17, 15) is 0 Å². The van der Waals surface area contributed by atoms with Crippen LogP contribution in [0, 0.1) is 11.3 Å². The van der Waals surface area contributed by atoms with Crippen molar-refractivity contribution in [3.8, 4) is 0 Å². The lowest BCUT2D eigenvalue weighted by atomic mass is 9.75. The van der Waals surface area contributed by atoms with E-state index >= 15 is 0 Å². The monoisotopic (exact) mass is 268 g/mol. The second kappa shape index (κ2) is 8.26. The van der Waals surface area contributed by atoms with Gasteiger partial charge in [-0.15, -0.1) is 0 Å². The second-order valence-corrected chi connectivity index (χ2v) is 7.32. The topological polar surface area (TPSA) is 15.3 Å². The molecule has 1 aliphatic rings. The van der Waals surface area contributed by atoms with Gasteiger partial charge in [0.15, 0.2) is 0 Å². The Labute approximate surface area is 121 Å². The number of likely N-dealkylation sites (tertiary alicyclic amines) is 1. The Morgan fingerprint density at radius 1 is 1.11 bits per heavy atom. The van der Waals surface area contributed by atoms with Crippen LogP contribution in [0.3, 0.4) is 0 Å². The number of nitrogens with zero attached hydrogens (tertiary/aromatic N) is 1. The van der Waals surface area contributed by atoms with Gasteiger partial charge in [0.05, 0.1) is 0 Å². The summed E-state index contributed by atoms with van der Waals surface area (Å²) in [6.07, 6.45) is 6.66. The van der Waals surface area contributed by atoms with Gasteiger partial charge in [-0.05, 0) is 56.7 Å². The van der Waals surface area contributed by atoms with E-state index in [0.717, 1.165) is 12.0 Å². The molecule has 0 radical (unpaired) electrons. The molecule has 114 valence electrons. The molecule has 0 aromatic heterocycles. The smallest absolute Gasteiger partial charge is 0.0220 e. The summed E-state index contributed by atoms with van der Waals surface area (Å²) in [7, 11) is 0. The normalized spacial score (nSPS) is 20.7. The Bertz CT molecular complexity index is 224. The van der Waals surface area contributed by atoms with Gasteiger partial charge >= 0.3 is 0 Å². The van der Waals surface area contributed by atoms with E-state index in [1.165, 1.54) is 58.3 Å². The van der Waals surface area contributed by atoms with E-state index in [-0.39, 0.29) is 0 Å². The minimum absolute atomic E-state index is 0.493. The number of hydrogen-bond donors (Lipinski definition) is 1. The van der Waals surface area contributed by atoms with Crippen LogP contribution < -0.4 is 5.32 Å². The highest BCUT2D eigenvalue weighted by Gasteiger charge is 2.30. The Kier molecular flexibility index (Phi) is 7.38. The second-order valence-electron chi connectivity index (χ2n) is 7.32. The molecule has 0 saturated carbocycles. The van der Waals surface area contributed by atoms with E-state index in [2.05, 4.69) is 44.8 Å². The standard InChI is InChI=1S/C17H36N2/c1-6-8-16(14-18-11-7-2)19-12-9-15(10-13-19)17(3,4)5/h15-16,18H,6-14H2,1-5H3. The fraction of sp³-hybridized carbons (Fsp3) is 1.00. The maximum atomic E-state index is 3.62. The fourth-order valence-corrected chi connectivity index (χ4v) is 3.32. The van der Waals surface area contributed by atoms with Crippen LogP contribution in [0.15, 0.2) is 0 Å². The zero-order valence-corrected chi connectivity index (χ0v) is 14.0. The third-order valence-corrected chi connectivity index (χ3v) is 4.70. The van der Waals surface area contributed by atoms with Crippen LogP contribution in [0.2, 0.25) is 0 Å². The third-order valence-electron chi connectivity index (χ3n) is 4.70. The van der Waals surface area contributed by atoms with Gasteiger partial charge in [0.25, 0.3) is 0 Å². The number of rotatable bonds is 7. The SMILES string of the molecule is CCCNCC(CCC)N1CCC(C(C)(C)C)CC1. The third kappa shape index (κ3) is 5.83. The average Bonchev–Trinajstić information content (AvgIpc) is 2.37. The predicted octanol–water partition coefficient (Wildman–Crippen LogP) is 3.91. The molecule has 1 unspecified atom stereocenters. The van der Waals surface area contributed by atoms with E-state index in [1.807, 2.05) is 0 Å². The first kappa shape index (κ1) is 17.0. The summed E-state index contributed by atoms with van der Waals surface area (Å²) >= 11 is 0. The van der Waals surface area contributed by atoms with Crippen LogP contribution in [-0.2, 0) is 0 Å². The molecular formula is C17H36N2.